The molecular weight excluding hydrogens is 392 g/mol. The van der Waals surface area contributed by atoms with E-state index < -0.39 is 0 Å². The van der Waals surface area contributed by atoms with E-state index in [1.165, 1.54) is 0 Å². The highest BCUT2D eigenvalue weighted by Crippen LogP contribution is 2.30. The van der Waals surface area contributed by atoms with Crippen molar-refractivity contribution < 1.29 is 9.59 Å². The number of carbonyl (C=O) groups excluding carboxylic acids is 2. The van der Waals surface area contributed by atoms with Crippen molar-refractivity contribution in [2.45, 2.75) is 33.1 Å². The molecule has 1 amide bonds. The fraction of sp³-hybridized carbons (Fsp3) is 0.261. The molecule has 1 aliphatic carbocycles. The number of nitrogens with one attached hydrogen (secondary N) is 3. The van der Waals surface area contributed by atoms with Gasteiger partial charge in [-0.1, -0.05) is 0 Å². The molecule has 0 unspecified atom stereocenters. The first kappa shape index (κ1) is 20.5. The van der Waals surface area contributed by atoms with Crippen molar-refractivity contribution in [1.82, 2.24) is 15.0 Å². The van der Waals surface area contributed by atoms with Crippen LogP contribution in [-0.4, -0.2) is 32.4 Å². The van der Waals surface area contributed by atoms with Crippen LogP contribution in [0, 0.1) is 11.3 Å². The number of hydrogen-bond donors (Lipinski definition) is 4. The maximum atomic E-state index is 12.4. The van der Waals surface area contributed by atoms with Crippen LogP contribution in [0.1, 0.15) is 32.3 Å². The zero-order chi connectivity index (χ0) is 22.1. The van der Waals surface area contributed by atoms with Crippen LogP contribution in [0.4, 0.5) is 5.82 Å². The molecule has 5 N–H and O–H groups in total. The maximum absolute atomic E-state index is 12.4. The van der Waals surface area contributed by atoms with Crippen molar-refractivity contribution in [1.29, 1.82) is 5.41 Å². The summed E-state index contributed by atoms with van der Waals surface area (Å²) in [6.45, 7) is 3.35. The Kier molecular flexibility index (Phi) is 5.37. The number of aromatic nitrogens is 3. The second-order valence-corrected chi connectivity index (χ2v) is 7.94. The van der Waals surface area contributed by atoms with Crippen LogP contribution in [0.15, 0.2) is 47.9 Å². The number of rotatable bonds is 7. The van der Waals surface area contributed by atoms with E-state index in [1.807, 2.05) is 24.3 Å². The SMILES string of the molecule is C/C(N)=C(\C)C(=N)C(=O)Cc1cnc2[nH]c(-c3ccnc(NC(=O)C4CC4)c3)cc2c1. The molecule has 4 rings (SSSR count). The summed E-state index contributed by atoms with van der Waals surface area (Å²) in [5.74, 6) is 0.338. The number of nitrogens with two attached hydrogens (primary N) is 1. The number of anilines is 1. The zero-order valence-electron chi connectivity index (χ0n) is 17.5. The van der Waals surface area contributed by atoms with Gasteiger partial charge in [-0.05, 0) is 62.1 Å². The molecule has 0 bridgehead atoms. The van der Waals surface area contributed by atoms with E-state index in [4.69, 9.17) is 11.1 Å². The first-order valence-electron chi connectivity index (χ1n) is 10.1. The summed E-state index contributed by atoms with van der Waals surface area (Å²) in [6, 6.07) is 7.51. The maximum Gasteiger partial charge on any atom is 0.228 e. The summed E-state index contributed by atoms with van der Waals surface area (Å²) in [5, 5.41) is 11.7. The summed E-state index contributed by atoms with van der Waals surface area (Å²) in [6.07, 6.45) is 5.24. The van der Waals surface area contributed by atoms with Gasteiger partial charge >= 0.3 is 0 Å². The third-order valence-electron chi connectivity index (χ3n) is 5.41. The Morgan fingerprint density at radius 2 is 2.00 bits per heavy atom. The molecule has 1 aliphatic rings. The fourth-order valence-electron chi connectivity index (χ4n) is 3.23. The molecule has 1 saturated carbocycles. The first-order valence-corrected chi connectivity index (χ1v) is 10.1. The average molecular weight is 416 g/mol. The van der Waals surface area contributed by atoms with Gasteiger partial charge < -0.3 is 16.0 Å². The molecule has 3 aromatic heterocycles. The van der Waals surface area contributed by atoms with Crippen molar-refractivity contribution in [2.75, 3.05) is 5.32 Å². The number of H-pyrrole nitrogens is 1. The minimum absolute atomic E-state index is 0.0118. The number of nitrogens with zero attached hydrogens (tertiary/aromatic N) is 2. The lowest BCUT2D eigenvalue weighted by molar-refractivity contribution is -0.117. The van der Waals surface area contributed by atoms with Gasteiger partial charge in [-0.25, -0.2) is 9.97 Å². The highest BCUT2D eigenvalue weighted by Gasteiger charge is 2.29. The zero-order valence-corrected chi connectivity index (χ0v) is 17.5. The van der Waals surface area contributed by atoms with Crippen LogP contribution in [0.3, 0.4) is 0 Å². The van der Waals surface area contributed by atoms with Crippen LogP contribution in [0.2, 0.25) is 0 Å². The summed E-state index contributed by atoms with van der Waals surface area (Å²) in [7, 11) is 0. The van der Waals surface area contributed by atoms with E-state index in [9.17, 15) is 9.59 Å². The second kappa shape index (κ2) is 8.14. The molecule has 3 heterocycles. The van der Waals surface area contributed by atoms with Crippen LogP contribution in [-0.2, 0) is 16.0 Å². The Bertz CT molecular complexity index is 1230. The highest BCUT2D eigenvalue weighted by atomic mass is 16.2. The molecule has 0 aliphatic heterocycles. The van der Waals surface area contributed by atoms with Gasteiger partial charge in [0.1, 0.15) is 17.2 Å². The van der Waals surface area contributed by atoms with Crippen LogP contribution < -0.4 is 11.1 Å². The summed E-state index contributed by atoms with van der Waals surface area (Å²) in [4.78, 5) is 36.3. The molecule has 0 saturated heterocycles. The van der Waals surface area contributed by atoms with E-state index in [2.05, 4.69) is 20.3 Å². The van der Waals surface area contributed by atoms with Crippen LogP contribution in [0.25, 0.3) is 22.3 Å². The predicted molar refractivity (Wildman–Crippen MR) is 120 cm³/mol. The van der Waals surface area contributed by atoms with Gasteiger partial charge in [0.15, 0.2) is 5.78 Å². The predicted octanol–water partition coefficient (Wildman–Crippen LogP) is 3.36. The summed E-state index contributed by atoms with van der Waals surface area (Å²) >= 11 is 0. The smallest absolute Gasteiger partial charge is 0.228 e. The number of amides is 1. The average Bonchev–Trinajstić information content (AvgIpc) is 3.52. The topological polar surface area (TPSA) is 138 Å². The van der Waals surface area contributed by atoms with Crippen molar-refractivity contribution in [2.24, 2.45) is 11.7 Å². The Balaban J connectivity index is 1.54. The number of pyridine rings is 2. The van der Waals surface area contributed by atoms with Gasteiger partial charge in [-0.2, -0.15) is 0 Å². The molecule has 8 heteroatoms. The Morgan fingerprint density at radius 1 is 1.23 bits per heavy atom. The van der Waals surface area contributed by atoms with Gasteiger partial charge in [0.05, 0.1) is 0 Å². The number of aromatic amines is 1. The molecule has 8 nitrogen and oxygen atoms in total. The largest absolute Gasteiger partial charge is 0.402 e. The lowest BCUT2D eigenvalue weighted by Gasteiger charge is -2.05. The van der Waals surface area contributed by atoms with Gasteiger partial charge in [0.2, 0.25) is 5.91 Å². The molecule has 3 aromatic rings. The second-order valence-electron chi connectivity index (χ2n) is 7.94. The monoisotopic (exact) mass is 416 g/mol. The number of carbonyl (C=O) groups is 2. The quantitative estimate of drug-likeness (QED) is 0.438. The molecule has 0 radical (unpaired) electrons. The minimum Gasteiger partial charge on any atom is -0.402 e. The Morgan fingerprint density at radius 3 is 2.71 bits per heavy atom. The lowest BCUT2D eigenvalue weighted by atomic mass is 10.0. The van der Waals surface area contributed by atoms with Crippen molar-refractivity contribution in [3.63, 3.8) is 0 Å². The Labute approximate surface area is 179 Å². The molecule has 0 aromatic carbocycles. The summed E-state index contributed by atoms with van der Waals surface area (Å²) < 4.78 is 0. The van der Waals surface area contributed by atoms with Gasteiger partial charge in [0, 0.05) is 47.1 Å². The summed E-state index contributed by atoms with van der Waals surface area (Å²) in [5.41, 5.74) is 9.70. The molecular formula is C23H24N6O2. The van der Waals surface area contributed by atoms with Gasteiger partial charge in [-0.15, -0.1) is 0 Å². The number of ketones is 1. The van der Waals surface area contributed by atoms with Gasteiger partial charge in [-0.3, -0.25) is 15.0 Å². The Hall–Kier alpha value is -3.81. The minimum atomic E-state index is -0.301. The van der Waals surface area contributed by atoms with Crippen molar-refractivity contribution in [3.05, 3.63) is 53.5 Å². The molecule has 31 heavy (non-hydrogen) atoms. The number of allylic oxidation sites excluding steroid dienone is 2. The van der Waals surface area contributed by atoms with Crippen molar-refractivity contribution in [3.8, 4) is 11.3 Å². The van der Waals surface area contributed by atoms with Crippen LogP contribution in [0.5, 0.6) is 0 Å². The molecule has 0 spiro atoms. The lowest BCUT2D eigenvalue weighted by Crippen LogP contribution is -2.19. The third-order valence-corrected chi connectivity index (χ3v) is 5.41. The fourth-order valence-corrected chi connectivity index (χ4v) is 3.23. The van der Waals surface area contributed by atoms with E-state index >= 15 is 0 Å². The van der Waals surface area contributed by atoms with Crippen LogP contribution >= 0.6 is 0 Å². The number of hydrogen-bond acceptors (Lipinski definition) is 6. The third kappa shape index (κ3) is 4.53. The molecule has 0 atom stereocenters. The van der Waals surface area contributed by atoms with E-state index in [0.717, 1.165) is 35.0 Å². The standard InChI is InChI=1S/C23H24N6O2/c1-12(13(2)24)21(25)19(30)8-14-7-17-9-18(28-22(17)27-11-14)16-5-6-26-20(10-16)29-23(31)15-3-4-15/h5-7,9-11,15,25H,3-4,8,24H2,1-2H3,(H,27,28)(H,26,29,31)/b13-12-,25-21?. The van der Waals surface area contributed by atoms with Crippen molar-refractivity contribution >= 4 is 34.3 Å². The normalized spacial score (nSPS) is 14.3. The van der Waals surface area contributed by atoms with E-state index in [0.29, 0.717) is 22.7 Å². The highest BCUT2D eigenvalue weighted by molar-refractivity contribution is 6.45. The molecule has 158 valence electrons. The van der Waals surface area contributed by atoms with Gasteiger partial charge in [0.25, 0.3) is 0 Å². The van der Waals surface area contributed by atoms with E-state index in [1.54, 1.807) is 26.2 Å². The number of Topliss-reactive ketones (excluding diaryl/α,β-unsaturated/α-hetero) is 1. The molecule has 1 fully saturated rings. The first-order chi connectivity index (χ1) is 14.8. The number of fused-ring (bicyclic) bond motifs is 1. The van der Waals surface area contributed by atoms with E-state index in [-0.39, 0.29) is 29.7 Å².